The number of aromatic nitrogens is 4. The number of allylic oxidation sites excluding steroid dienone is 4. The maximum absolute atomic E-state index is 13.5. The lowest BCUT2D eigenvalue weighted by atomic mass is 9.81. The van der Waals surface area contributed by atoms with E-state index in [4.69, 9.17) is 46.4 Å². The Hall–Kier alpha value is -8.40. The Bertz CT molecular complexity index is 5110. The van der Waals surface area contributed by atoms with Crippen molar-refractivity contribution in [1.29, 1.82) is 0 Å². The van der Waals surface area contributed by atoms with Gasteiger partial charge in [-0.25, -0.2) is 19.9 Å². The van der Waals surface area contributed by atoms with Crippen LogP contribution in [0.25, 0.3) is 40.9 Å². The third-order valence-corrected chi connectivity index (χ3v) is 30.9. The van der Waals surface area contributed by atoms with Gasteiger partial charge in [0, 0.05) is 141 Å². The molecule has 132 heavy (non-hydrogen) atoms. The first-order chi connectivity index (χ1) is 63.5. The van der Waals surface area contributed by atoms with Gasteiger partial charge in [-0.1, -0.05) is 164 Å². The van der Waals surface area contributed by atoms with E-state index in [1.165, 1.54) is 102 Å². The third-order valence-electron chi connectivity index (χ3n) is 25.8. The van der Waals surface area contributed by atoms with Crippen LogP contribution in [0.3, 0.4) is 0 Å². The van der Waals surface area contributed by atoms with Crippen molar-refractivity contribution in [3.8, 4) is 0 Å². The molecule has 8 atom stereocenters. The molecule has 0 radical (unpaired) electrons. The van der Waals surface area contributed by atoms with Crippen molar-refractivity contribution in [2.75, 3.05) is 7.05 Å². The summed E-state index contributed by atoms with van der Waals surface area (Å²) in [5.74, 6) is -1.09. The van der Waals surface area contributed by atoms with Gasteiger partial charge in [-0.15, -0.1) is 45.3 Å². The van der Waals surface area contributed by atoms with Crippen molar-refractivity contribution in [1.82, 2.24) is 46.5 Å². The number of fused-ring (bicyclic) bond motifs is 4. The van der Waals surface area contributed by atoms with Crippen molar-refractivity contribution in [2.45, 2.75) is 295 Å². The van der Waals surface area contributed by atoms with Gasteiger partial charge in [0.05, 0.1) is 84.6 Å². The second kappa shape index (κ2) is 56.2. The third kappa shape index (κ3) is 35.7. The van der Waals surface area contributed by atoms with Crippen LogP contribution in [-0.2, 0) is 83.2 Å². The van der Waals surface area contributed by atoms with E-state index in [0.29, 0.717) is 134 Å². The molecule has 29 heteroatoms. The zero-order chi connectivity index (χ0) is 95.2. The van der Waals surface area contributed by atoms with Crippen LogP contribution in [0, 0.1) is 47.3 Å². The number of Topliss-reactive ketones (excluding diaryl/α,β-unsaturated/α-hetero) is 3. The number of hydrogen-bond acceptors (Lipinski definition) is 20. The van der Waals surface area contributed by atoms with Gasteiger partial charge in [0.15, 0.2) is 23.1 Å². The smallest absolute Gasteiger partial charge is 0.224 e. The standard InChI is InChI=1S/C27H35ClN2O3S.C26H33ClN2O3S.C25H32ClN3O3S.C25H31ClN2O3S/c1-3-8-22(32)15-19(16-26-29-24-13-11-20(28)17-25(24)34-26)27(33)30-23(14-12-21(31)4-2)18-9-6-5-7-10-18;1-3-20(30)11-13-22(17-8-6-5-7-9-17)29-26(32)18(14-21(31)4-2)15-25-28-23-12-10-19(27)16-24(23)33-25;1-3-19(30)10-12-20(16-7-5-4-6-8-16)29-25(32)17(13-23(31)27-2)14-24-28-21-11-9-18(26)15-22(21)33-24;1-3-20(30)10-12-21(17-7-5-4-6-8-17)28-25(31)18(13-16(2)29)14-24-27-22-11-9-19(26)15-23(22)32-24/h4,11,13,17-19,23H,2-3,5-10,12,14-16H2,1H3,(H,30,33);3,10,12,16-18,22H,1,4-9,11,13-15H2,2H3,(H,29,32);3,9,11,15-17,20H,1,4-8,10,12-14H2,2H3,(H,27,31)(H,29,32);3,9,11,15,17-18,21H,1,4-8,10,12-14H2,2H3,(H,28,31)/t19-,23+;18-,22+;17-,20+;18-,21+/m0000/s1. The average molecular weight is 1960 g/mol. The maximum Gasteiger partial charge on any atom is 0.224 e. The molecule has 0 saturated heterocycles. The van der Waals surface area contributed by atoms with Crippen LogP contribution in [0.2, 0.25) is 20.1 Å². The summed E-state index contributed by atoms with van der Waals surface area (Å²) >= 11 is 30.4. The molecule has 0 aliphatic heterocycles. The number of carbonyl (C=O) groups is 12. The summed E-state index contributed by atoms with van der Waals surface area (Å²) in [5.41, 5.74) is 3.38. The summed E-state index contributed by atoms with van der Waals surface area (Å²) in [7, 11) is 1.57. The van der Waals surface area contributed by atoms with E-state index in [2.05, 4.69) is 72.8 Å². The van der Waals surface area contributed by atoms with Gasteiger partial charge in [0.2, 0.25) is 29.5 Å². The number of thiazole rings is 4. The van der Waals surface area contributed by atoms with Gasteiger partial charge in [0.1, 0.15) is 17.3 Å². The second-order valence-corrected chi connectivity index (χ2v) is 42.0. The highest BCUT2D eigenvalue weighted by molar-refractivity contribution is 7.19. The molecule has 0 unspecified atom stereocenters. The second-order valence-electron chi connectivity index (χ2n) is 35.7. The zero-order valence-electron chi connectivity index (χ0n) is 76.9. The Balaban J connectivity index is 0.000000198. The lowest BCUT2D eigenvalue weighted by Gasteiger charge is -2.32. The highest BCUT2D eigenvalue weighted by Gasteiger charge is 2.36. The molecule has 0 bridgehead atoms. The molecule has 4 saturated carbocycles. The van der Waals surface area contributed by atoms with Gasteiger partial charge >= 0.3 is 0 Å². The maximum atomic E-state index is 13.5. The Morgan fingerprint density at radius 2 is 0.614 bits per heavy atom. The number of hydrogen-bond donors (Lipinski definition) is 5. The highest BCUT2D eigenvalue weighted by atomic mass is 35.5. The van der Waals surface area contributed by atoms with E-state index < -0.39 is 23.7 Å². The summed E-state index contributed by atoms with van der Waals surface area (Å²) in [6, 6.07) is 21.9. The van der Waals surface area contributed by atoms with Crippen LogP contribution < -0.4 is 26.6 Å². The number of ketones is 7. The zero-order valence-corrected chi connectivity index (χ0v) is 83.2. The van der Waals surface area contributed by atoms with Crippen molar-refractivity contribution >= 4 is 203 Å². The Morgan fingerprint density at radius 3 is 0.848 bits per heavy atom. The molecular weight excluding hydrogens is 1830 g/mol. The normalized spacial score (nSPS) is 16.3. The fraction of sp³-hybridized carbons (Fsp3) is 0.534. The molecule has 4 aromatic heterocycles. The first-order valence-electron chi connectivity index (χ1n) is 47.3. The monoisotopic (exact) mass is 1950 g/mol. The number of halogens is 4. The topological polar surface area (TPSA) is 317 Å². The number of nitrogens with zero attached hydrogens (tertiary/aromatic N) is 4. The highest BCUT2D eigenvalue weighted by Crippen LogP contribution is 2.38. The predicted molar refractivity (Wildman–Crippen MR) is 537 cm³/mol. The molecule has 4 aliphatic rings. The van der Waals surface area contributed by atoms with Gasteiger partial charge in [-0.3, -0.25) is 52.7 Å². The minimum Gasteiger partial charge on any atom is -0.359 e. The molecular formula is C103H131Cl4N9O12S4. The lowest BCUT2D eigenvalue weighted by molar-refractivity contribution is -0.131. The number of nitrogens with one attached hydrogen (secondary N) is 5. The van der Waals surface area contributed by atoms with Crippen molar-refractivity contribution in [3.63, 3.8) is 0 Å². The Morgan fingerprint density at radius 1 is 0.364 bits per heavy atom. The molecule has 12 rings (SSSR count). The van der Waals surface area contributed by atoms with Gasteiger partial charge in [-0.2, -0.15) is 0 Å². The fourth-order valence-electron chi connectivity index (χ4n) is 18.4. The molecule has 4 fully saturated rings. The van der Waals surface area contributed by atoms with Crippen LogP contribution in [0.5, 0.6) is 0 Å². The minimum atomic E-state index is -0.540. The first kappa shape index (κ1) is 107. The van der Waals surface area contributed by atoms with Gasteiger partial charge in [-0.05, 0) is 211 Å². The molecule has 4 aromatic carbocycles. The number of rotatable bonds is 47. The molecule has 0 spiro atoms. The average Bonchev–Trinajstić information content (AvgIpc) is 1.69. The van der Waals surface area contributed by atoms with Crippen LogP contribution >= 0.6 is 91.8 Å². The summed E-state index contributed by atoms with van der Waals surface area (Å²) in [6.45, 7) is 19.6. The van der Waals surface area contributed by atoms with Crippen LogP contribution in [0.1, 0.15) is 266 Å². The van der Waals surface area contributed by atoms with E-state index >= 15 is 0 Å². The number of amides is 5. The van der Waals surface area contributed by atoms with Crippen molar-refractivity contribution in [2.24, 2.45) is 47.3 Å². The molecule has 5 N–H and O–H groups in total. The molecule has 4 aliphatic carbocycles. The quantitative estimate of drug-likeness (QED) is 0.0221. The predicted octanol–water partition coefficient (Wildman–Crippen LogP) is 23.1. The van der Waals surface area contributed by atoms with Crippen LogP contribution in [0.15, 0.2) is 123 Å². The van der Waals surface area contributed by atoms with E-state index in [9.17, 15) is 57.5 Å². The molecule has 5 amide bonds. The molecule has 21 nitrogen and oxygen atoms in total. The molecule has 8 aromatic rings. The summed E-state index contributed by atoms with van der Waals surface area (Å²) in [5, 5.41) is 21.4. The van der Waals surface area contributed by atoms with Crippen molar-refractivity contribution in [3.05, 3.63) is 164 Å². The SMILES string of the molecule is C=CC(=O)CC[C@@H](NC(=O)[C@@H](CC(=O)CC)Cc1nc2ccc(Cl)cc2s1)C1CCCCC1.C=CC(=O)CC[C@@H](NC(=O)[C@@H](CC(=O)CCC)Cc1nc2ccc(Cl)cc2s1)C1CCCCC1.C=CC(=O)CC[C@@H](NC(=O)[C@@H](CC(=O)NC)Cc1nc2ccc(Cl)cc2s1)C1CCCCC1.C=CC(=O)CC[C@@H](NC(=O)[C@@H](CC(C)=O)Cc1nc2ccc(Cl)cc2s1)C1CCCCC1. The molecule has 4 heterocycles. The molecule has 712 valence electrons. The van der Waals surface area contributed by atoms with E-state index in [-0.39, 0.29) is 120 Å². The van der Waals surface area contributed by atoms with E-state index in [0.717, 1.165) is 170 Å². The Labute approximate surface area is 813 Å². The summed E-state index contributed by atoms with van der Waals surface area (Å²) < 4.78 is 3.88. The number of carbonyl (C=O) groups excluding carboxylic acids is 12. The number of benzene rings is 4. The largest absolute Gasteiger partial charge is 0.359 e. The lowest BCUT2D eigenvalue weighted by Crippen LogP contribution is -2.45. The first-order valence-corrected chi connectivity index (χ1v) is 52.1. The van der Waals surface area contributed by atoms with Gasteiger partial charge < -0.3 is 31.4 Å². The van der Waals surface area contributed by atoms with E-state index in [1.54, 1.807) is 25.2 Å². The summed E-state index contributed by atoms with van der Waals surface area (Å²) in [4.78, 5) is 169. The minimum absolute atomic E-state index is 0.00197. The fourth-order valence-corrected chi connectivity index (χ4v) is 23.7. The summed E-state index contributed by atoms with van der Waals surface area (Å²) in [6.07, 6.45) is 35.7. The van der Waals surface area contributed by atoms with Crippen molar-refractivity contribution < 1.29 is 57.5 Å². The van der Waals surface area contributed by atoms with Gasteiger partial charge in [0.25, 0.3) is 0 Å². The van der Waals surface area contributed by atoms with E-state index in [1.807, 2.05) is 68.4 Å². The Kier molecular flexibility index (Phi) is 45.7. The van der Waals surface area contributed by atoms with Crippen LogP contribution in [0.4, 0.5) is 0 Å². The van der Waals surface area contributed by atoms with Crippen LogP contribution in [-0.4, -0.2) is 121 Å².